The molecule has 3 amide bonds. The summed E-state index contributed by atoms with van der Waals surface area (Å²) in [6.07, 6.45) is -0.000993. The maximum Gasteiger partial charge on any atom is 0.251 e. The van der Waals surface area contributed by atoms with Crippen molar-refractivity contribution in [2.24, 2.45) is 0 Å². The first-order chi connectivity index (χ1) is 13.2. The minimum absolute atomic E-state index is 0.000993. The summed E-state index contributed by atoms with van der Waals surface area (Å²) in [6, 6.07) is 7.55. The number of benzene rings is 2. The summed E-state index contributed by atoms with van der Waals surface area (Å²) in [4.78, 5) is 35.4. The van der Waals surface area contributed by atoms with Crippen LogP contribution in [-0.4, -0.2) is 30.8 Å². The number of carbonyl (C=O) groups is 3. The van der Waals surface area contributed by atoms with Crippen molar-refractivity contribution in [3.8, 4) is 0 Å². The van der Waals surface area contributed by atoms with Gasteiger partial charge in [0.1, 0.15) is 11.6 Å². The minimum Gasteiger partial charge on any atom is -0.354 e. The molecule has 9 heteroatoms. The van der Waals surface area contributed by atoms with Gasteiger partial charge in [0.15, 0.2) is 0 Å². The van der Waals surface area contributed by atoms with Gasteiger partial charge in [0.05, 0.1) is 17.3 Å². The van der Waals surface area contributed by atoms with Gasteiger partial charge in [-0.1, -0.05) is 17.7 Å². The molecule has 2 rings (SSSR count). The molecule has 0 saturated heterocycles. The van der Waals surface area contributed by atoms with Gasteiger partial charge in [-0.3, -0.25) is 14.4 Å². The lowest BCUT2D eigenvalue weighted by Crippen LogP contribution is -2.38. The van der Waals surface area contributed by atoms with Gasteiger partial charge in [0, 0.05) is 24.6 Å². The van der Waals surface area contributed by atoms with Crippen LogP contribution in [0.3, 0.4) is 0 Å². The van der Waals surface area contributed by atoms with Crippen molar-refractivity contribution < 1.29 is 23.2 Å². The number of aryl methyl sites for hydroxylation is 1. The highest BCUT2D eigenvalue weighted by atomic mass is 35.5. The molecule has 0 heterocycles. The Morgan fingerprint density at radius 3 is 2.29 bits per heavy atom. The number of nitrogens with one attached hydrogen (secondary N) is 3. The second-order valence-electron chi connectivity index (χ2n) is 5.97. The number of hydrogen-bond acceptors (Lipinski definition) is 3. The van der Waals surface area contributed by atoms with Crippen molar-refractivity contribution >= 4 is 35.0 Å². The molecule has 28 heavy (non-hydrogen) atoms. The molecule has 0 aliphatic heterocycles. The Morgan fingerprint density at radius 1 is 0.964 bits per heavy atom. The lowest BCUT2D eigenvalue weighted by Gasteiger charge is -2.09. The first kappa shape index (κ1) is 21.3. The van der Waals surface area contributed by atoms with Crippen molar-refractivity contribution in [3.63, 3.8) is 0 Å². The largest absolute Gasteiger partial charge is 0.354 e. The molecule has 148 valence electrons. The predicted octanol–water partition coefficient (Wildman–Crippen LogP) is 2.80. The van der Waals surface area contributed by atoms with Crippen LogP contribution in [0.2, 0.25) is 5.02 Å². The predicted molar refractivity (Wildman–Crippen MR) is 101 cm³/mol. The van der Waals surface area contributed by atoms with Crippen molar-refractivity contribution in [1.82, 2.24) is 10.6 Å². The van der Waals surface area contributed by atoms with Gasteiger partial charge in [0.25, 0.3) is 5.91 Å². The molecule has 0 unspecified atom stereocenters. The van der Waals surface area contributed by atoms with Crippen LogP contribution >= 0.6 is 11.6 Å². The molecular formula is C19H18ClF2N3O3. The lowest BCUT2D eigenvalue weighted by molar-refractivity contribution is -0.120. The smallest absolute Gasteiger partial charge is 0.251 e. The molecule has 2 aromatic rings. The number of halogens is 3. The Hall–Kier alpha value is -3.00. The summed E-state index contributed by atoms with van der Waals surface area (Å²) < 4.78 is 26.2. The van der Waals surface area contributed by atoms with E-state index in [4.69, 9.17) is 11.6 Å². The van der Waals surface area contributed by atoms with Gasteiger partial charge < -0.3 is 16.0 Å². The van der Waals surface area contributed by atoms with Crippen LogP contribution < -0.4 is 16.0 Å². The highest BCUT2D eigenvalue weighted by molar-refractivity contribution is 6.33. The first-order valence-electron chi connectivity index (χ1n) is 8.31. The molecule has 2 aromatic carbocycles. The van der Waals surface area contributed by atoms with E-state index in [0.29, 0.717) is 16.8 Å². The molecule has 0 aliphatic carbocycles. The van der Waals surface area contributed by atoms with E-state index in [2.05, 4.69) is 16.0 Å². The van der Waals surface area contributed by atoms with Crippen LogP contribution in [0.25, 0.3) is 0 Å². The zero-order valence-electron chi connectivity index (χ0n) is 14.9. The van der Waals surface area contributed by atoms with Crippen molar-refractivity contribution in [2.45, 2.75) is 13.3 Å². The molecule has 0 atom stereocenters. The first-order valence-corrected chi connectivity index (χ1v) is 8.69. The van der Waals surface area contributed by atoms with E-state index in [-0.39, 0.29) is 24.4 Å². The zero-order valence-corrected chi connectivity index (χ0v) is 15.7. The Balaban J connectivity index is 1.72. The fourth-order valence-corrected chi connectivity index (χ4v) is 2.54. The molecule has 3 N–H and O–H groups in total. The lowest BCUT2D eigenvalue weighted by atomic mass is 10.2. The summed E-state index contributed by atoms with van der Waals surface area (Å²) in [6.45, 7) is 1.51. The minimum atomic E-state index is -0.894. The van der Waals surface area contributed by atoms with Crippen LogP contribution in [0.5, 0.6) is 0 Å². The molecule has 0 radical (unpaired) electrons. The van der Waals surface area contributed by atoms with Crippen LogP contribution in [-0.2, 0) is 9.59 Å². The molecule has 0 spiro atoms. The number of anilines is 1. The molecule has 6 nitrogen and oxygen atoms in total. The second-order valence-corrected chi connectivity index (χ2v) is 6.38. The molecule has 0 aliphatic rings. The van der Waals surface area contributed by atoms with Gasteiger partial charge in [-0.25, -0.2) is 8.78 Å². The maximum absolute atomic E-state index is 13.1. The number of rotatable bonds is 7. The third kappa shape index (κ3) is 6.62. The van der Waals surface area contributed by atoms with E-state index in [9.17, 15) is 23.2 Å². The highest BCUT2D eigenvalue weighted by Crippen LogP contribution is 2.22. The van der Waals surface area contributed by atoms with E-state index in [1.807, 2.05) is 6.92 Å². The topological polar surface area (TPSA) is 87.3 Å². The van der Waals surface area contributed by atoms with E-state index < -0.39 is 30.0 Å². The Bertz CT molecular complexity index is 886. The van der Waals surface area contributed by atoms with Gasteiger partial charge >= 0.3 is 0 Å². The van der Waals surface area contributed by atoms with Crippen LogP contribution in [0.15, 0.2) is 36.4 Å². The Labute approximate surface area is 165 Å². The van der Waals surface area contributed by atoms with Crippen LogP contribution in [0.4, 0.5) is 14.5 Å². The molecule has 0 aromatic heterocycles. The molecule has 0 saturated carbocycles. The average Bonchev–Trinajstić information content (AvgIpc) is 2.61. The quantitative estimate of drug-likeness (QED) is 0.657. The standard InChI is InChI=1S/C19H18ClF2N3O3/c1-11-2-3-16(15(20)6-11)25-17(26)4-5-23-18(27)10-24-19(28)12-7-13(21)9-14(22)8-12/h2-3,6-9H,4-5,10H2,1H3,(H,23,27)(H,24,28)(H,25,26). The van der Waals surface area contributed by atoms with E-state index in [1.54, 1.807) is 18.2 Å². The third-order valence-electron chi connectivity index (χ3n) is 3.61. The summed E-state index contributed by atoms with van der Waals surface area (Å²) in [7, 11) is 0. The Morgan fingerprint density at radius 2 is 1.64 bits per heavy atom. The van der Waals surface area contributed by atoms with Crippen LogP contribution in [0, 0.1) is 18.6 Å². The van der Waals surface area contributed by atoms with E-state index >= 15 is 0 Å². The van der Waals surface area contributed by atoms with E-state index in [0.717, 1.165) is 17.7 Å². The number of amides is 3. The van der Waals surface area contributed by atoms with Crippen LogP contribution in [0.1, 0.15) is 22.3 Å². The monoisotopic (exact) mass is 409 g/mol. The normalized spacial score (nSPS) is 10.3. The fraction of sp³-hybridized carbons (Fsp3) is 0.211. The second kappa shape index (κ2) is 9.80. The van der Waals surface area contributed by atoms with Crippen molar-refractivity contribution in [2.75, 3.05) is 18.4 Å². The van der Waals surface area contributed by atoms with E-state index in [1.165, 1.54) is 0 Å². The highest BCUT2D eigenvalue weighted by Gasteiger charge is 2.11. The average molecular weight is 410 g/mol. The summed E-state index contributed by atoms with van der Waals surface area (Å²) >= 11 is 6.03. The van der Waals surface area contributed by atoms with Gasteiger partial charge in [-0.15, -0.1) is 0 Å². The summed E-state index contributed by atoms with van der Waals surface area (Å²) in [5.41, 5.74) is 1.19. The van der Waals surface area contributed by atoms with Crippen molar-refractivity contribution in [1.29, 1.82) is 0 Å². The maximum atomic E-state index is 13.1. The summed E-state index contributed by atoms with van der Waals surface area (Å²) in [5.74, 6) is -3.47. The zero-order chi connectivity index (χ0) is 20.7. The number of hydrogen-bond donors (Lipinski definition) is 3. The fourth-order valence-electron chi connectivity index (χ4n) is 2.26. The van der Waals surface area contributed by atoms with Gasteiger partial charge in [0.2, 0.25) is 11.8 Å². The third-order valence-corrected chi connectivity index (χ3v) is 3.92. The summed E-state index contributed by atoms with van der Waals surface area (Å²) in [5, 5.41) is 7.74. The molecular weight excluding hydrogens is 392 g/mol. The molecule has 0 fully saturated rings. The van der Waals surface area contributed by atoms with Gasteiger partial charge in [-0.2, -0.15) is 0 Å². The Kier molecular flexibility index (Phi) is 7.45. The SMILES string of the molecule is Cc1ccc(NC(=O)CCNC(=O)CNC(=O)c2cc(F)cc(F)c2)c(Cl)c1. The number of carbonyl (C=O) groups excluding carboxylic acids is 3. The van der Waals surface area contributed by atoms with Crippen molar-refractivity contribution in [3.05, 3.63) is 64.2 Å². The molecule has 0 bridgehead atoms. The van der Waals surface area contributed by atoms with Gasteiger partial charge in [-0.05, 0) is 36.8 Å².